The lowest BCUT2D eigenvalue weighted by molar-refractivity contribution is -0.0193. The molecule has 5 rings (SSSR count). The highest BCUT2D eigenvalue weighted by atomic mass is 19.1. The first-order valence-corrected chi connectivity index (χ1v) is 9.83. The number of fused-ring (bicyclic) bond motifs is 3. The number of hydrogen-bond acceptors (Lipinski definition) is 4. The average molecular weight is 388 g/mol. The first-order chi connectivity index (χ1) is 14.2. The average Bonchev–Trinajstić information content (AvgIpc) is 3.20. The van der Waals surface area contributed by atoms with Gasteiger partial charge < -0.3 is 9.47 Å². The van der Waals surface area contributed by atoms with Crippen LogP contribution in [-0.2, 0) is 0 Å². The lowest BCUT2D eigenvalue weighted by Crippen LogP contribution is -2.33. The summed E-state index contributed by atoms with van der Waals surface area (Å²) in [5.41, 5.74) is 3.86. The van der Waals surface area contributed by atoms with Crippen molar-refractivity contribution in [2.75, 3.05) is 6.61 Å². The zero-order chi connectivity index (χ0) is 19.8. The van der Waals surface area contributed by atoms with Crippen LogP contribution in [0.15, 0.2) is 77.9 Å². The maximum Gasteiger partial charge on any atom is 0.213 e. The van der Waals surface area contributed by atoms with Crippen molar-refractivity contribution in [3.63, 3.8) is 0 Å². The van der Waals surface area contributed by atoms with Gasteiger partial charge in [-0.2, -0.15) is 5.10 Å². The third-order valence-electron chi connectivity index (χ3n) is 5.31. The topological polar surface area (TPSA) is 34.1 Å². The highest BCUT2D eigenvalue weighted by Gasteiger charge is 2.41. The summed E-state index contributed by atoms with van der Waals surface area (Å²) in [5.74, 6) is 1.31. The van der Waals surface area contributed by atoms with Gasteiger partial charge in [-0.05, 0) is 42.8 Å². The van der Waals surface area contributed by atoms with E-state index in [4.69, 9.17) is 14.6 Å². The molecular weight excluding hydrogens is 367 g/mol. The molecule has 4 nitrogen and oxygen atoms in total. The molecule has 0 spiro atoms. The lowest BCUT2D eigenvalue weighted by Gasteiger charge is -2.38. The molecule has 0 N–H and O–H groups in total. The number of hydrazone groups is 1. The highest BCUT2D eigenvalue weighted by Crippen LogP contribution is 2.48. The van der Waals surface area contributed by atoms with Crippen LogP contribution < -0.4 is 9.47 Å². The molecule has 146 valence electrons. The second-order valence-corrected chi connectivity index (χ2v) is 7.17. The summed E-state index contributed by atoms with van der Waals surface area (Å²) in [6.45, 7) is 2.57. The predicted molar refractivity (Wildman–Crippen MR) is 110 cm³/mol. The van der Waals surface area contributed by atoms with E-state index in [1.54, 1.807) is 6.07 Å². The molecule has 0 saturated heterocycles. The molecule has 0 bridgehead atoms. The van der Waals surface area contributed by atoms with E-state index in [2.05, 4.69) is 12.1 Å². The molecule has 0 unspecified atom stereocenters. The van der Waals surface area contributed by atoms with Crippen molar-refractivity contribution in [1.82, 2.24) is 5.01 Å². The van der Waals surface area contributed by atoms with Gasteiger partial charge in [0.25, 0.3) is 0 Å². The van der Waals surface area contributed by atoms with Crippen molar-refractivity contribution < 1.29 is 13.9 Å². The fourth-order valence-electron chi connectivity index (χ4n) is 4.01. The molecule has 5 heteroatoms. The molecule has 0 aliphatic carbocycles. The Morgan fingerprint density at radius 1 is 1.07 bits per heavy atom. The molecule has 2 heterocycles. The Labute approximate surface area is 169 Å². The summed E-state index contributed by atoms with van der Waals surface area (Å²) in [4.78, 5) is 0. The van der Waals surface area contributed by atoms with E-state index in [0.717, 1.165) is 40.3 Å². The Hall–Kier alpha value is -3.34. The summed E-state index contributed by atoms with van der Waals surface area (Å²) in [6.07, 6.45) is 0.268. The first kappa shape index (κ1) is 17.7. The van der Waals surface area contributed by atoms with Gasteiger partial charge in [0.2, 0.25) is 6.23 Å². The van der Waals surface area contributed by atoms with Crippen LogP contribution in [0.4, 0.5) is 4.39 Å². The summed E-state index contributed by atoms with van der Waals surface area (Å²) in [5, 5.41) is 6.86. The number of benzene rings is 3. The molecule has 2 aliphatic heterocycles. The van der Waals surface area contributed by atoms with Crippen molar-refractivity contribution in [3.05, 3.63) is 95.3 Å². The number of rotatable bonds is 4. The molecular formula is C24H21FN2O2. The molecule has 0 saturated carbocycles. The van der Waals surface area contributed by atoms with Crippen molar-refractivity contribution in [2.45, 2.75) is 25.6 Å². The van der Waals surface area contributed by atoms with Gasteiger partial charge in [-0.15, -0.1) is 0 Å². The van der Waals surface area contributed by atoms with Crippen molar-refractivity contribution in [3.8, 4) is 11.5 Å². The van der Waals surface area contributed by atoms with Gasteiger partial charge in [0.1, 0.15) is 17.3 Å². The van der Waals surface area contributed by atoms with E-state index < -0.39 is 6.23 Å². The molecule has 0 amide bonds. The fraction of sp³-hybridized carbons (Fsp3) is 0.208. The van der Waals surface area contributed by atoms with Crippen molar-refractivity contribution in [1.29, 1.82) is 0 Å². The molecule has 3 aromatic rings. The van der Waals surface area contributed by atoms with Gasteiger partial charge in [0.05, 0.1) is 18.4 Å². The van der Waals surface area contributed by atoms with Gasteiger partial charge in [-0.3, -0.25) is 0 Å². The van der Waals surface area contributed by atoms with E-state index in [9.17, 15) is 4.39 Å². The summed E-state index contributed by atoms with van der Waals surface area (Å²) < 4.78 is 25.9. The summed E-state index contributed by atoms with van der Waals surface area (Å²) in [7, 11) is 0. The molecule has 2 atom stereocenters. The van der Waals surface area contributed by atoms with Gasteiger partial charge in [0.15, 0.2) is 0 Å². The SMILES string of the molecule is CCOc1ccc2c(c1)[C@@H]1CC(c3ccccc3)=NN1[C@H](c1cccc(F)c1)O2. The Morgan fingerprint density at radius 2 is 1.93 bits per heavy atom. The highest BCUT2D eigenvalue weighted by molar-refractivity contribution is 6.01. The van der Waals surface area contributed by atoms with Gasteiger partial charge in [-0.1, -0.05) is 42.5 Å². The Morgan fingerprint density at radius 3 is 2.72 bits per heavy atom. The standard InChI is InChI=1S/C24H21FN2O2/c1-2-28-19-11-12-23-20(14-19)22-15-21(16-7-4-3-5-8-16)26-27(22)24(29-23)17-9-6-10-18(25)13-17/h3-14,22,24H,2,15H2,1H3/t22-,24-/m0/s1. The normalized spacial score (nSPS) is 19.8. The third kappa shape index (κ3) is 3.23. The number of hydrogen-bond donors (Lipinski definition) is 0. The van der Waals surface area contributed by atoms with Crippen LogP contribution in [0.3, 0.4) is 0 Å². The minimum atomic E-state index is -0.484. The van der Waals surface area contributed by atoms with E-state index in [-0.39, 0.29) is 11.9 Å². The largest absolute Gasteiger partial charge is 0.494 e. The number of nitrogens with zero attached hydrogens (tertiary/aromatic N) is 2. The van der Waals surface area contributed by atoms with Crippen LogP contribution in [0.1, 0.15) is 42.3 Å². The number of halogens is 1. The second-order valence-electron chi connectivity index (χ2n) is 7.17. The fourth-order valence-corrected chi connectivity index (χ4v) is 4.01. The van der Waals surface area contributed by atoms with E-state index >= 15 is 0 Å². The van der Waals surface area contributed by atoms with Crippen LogP contribution in [-0.4, -0.2) is 17.3 Å². The van der Waals surface area contributed by atoms with Gasteiger partial charge >= 0.3 is 0 Å². The lowest BCUT2D eigenvalue weighted by atomic mass is 9.95. The van der Waals surface area contributed by atoms with Crippen LogP contribution in [0.25, 0.3) is 0 Å². The first-order valence-electron chi connectivity index (χ1n) is 9.83. The molecule has 29 heavy (non-hydrogen) atoms. The molecule has 0 aromatic heterocycles. The zero-order valence-corrected chi connectivity index (χ0v) is 16.1. The Balaban J connectivity index is 1.59. The molecule has 0 radical (unpaired) electrons. The number of ether oxygens (including phenoxy) is 2. The minimum Gasteiger partial charge on any atom is -0.494 e. The van der Waals surface area contributed by atoms with Gasteiger partial charge in [0, 0.05) is 17.5 Å². The van der Waals surface area contributed by atoms with Crippen LogP contribution in [0, 0.1) is 5.82 Å². The monoisotopic (exact) mass is 388 g/mol. The molecule has 3 aromatic carbocycles. The third-order valence-corrected chi connectivity index (χ3v) is 5.31. The van der Waals surface area contributed by atoms with Crippen molar-refractivity contribution in [2.24, 2.45) is 5.10 Å². The molecule has 2 aliphatic rings. The second kappa shape index (κ2) is 7.24. The van der Waals surface area contributed by atoms with E-state index in [1.165, 1.54) is 12.1 Å². The smallest absolute Gasteiger partial charge is 0.213 e. The Kier molecular flexibility index (Phi) is 4.43. The van der Waals surface area contributed by atoms with Crippen molar-refractivity contribution >= 4 is 5.71 Å². The summed E-state index contributed by atoms with van der Waals surface area (Å²) in [6, 6.07) is 22.5. The zero-order valence-electron chi connectivity index (χ0n) is 16.1. The molecule has 0 fully saturated rings. The maximum absolute atomic E-state index is 13.9. The van der Waals surface area contributed by atoms with Crippen LogP contribution in [0.2, 0.25) is 0 Å². The van der Waals surface area contributed by atoms with E-state index in [0.29, 0.717) is 6.61 Å². The van der Waals surface area contributed by atoms with Crippen LogP contribution in [0.5, 0.6) is 11.5 Å². The summed E-state index contributed by atoms with van der Waals surface area (Å²) >= 11 is 0. The minimum absolute atomic E-state index is 0.00243. The maximum atomic E-state index is 13.9. The quantitative estimate of drug-likeness (QED) is 0.595. The van der Waals surface area contributed by atoms with Gasteiger partial charge in [-0.25, -0.2) is 9.40 Å². The predicted octanol–water partition coefficient (Wildman–Crippen LogP) is 5.47. The van der Waals surface area contributed by atoms with Crippen LogP contribution >= 0.6 is 0 Å². The van der Waals surface area contributed by atoms with E-state index in [1.807, 2.05) is 54.4 Å². The Bertz CT molecular complexity index is 1070.